The Hall–Kier alpha value is -1.16. The Morgan fingerprint density at radius 3 is 2.88 bits per heavy atom. The van der Waals surface area contributed by atoms with Gasteiger partial charge in [-0.3, -0.25) is 4.79 Å². The molecule has 0 saturated carbocycles. The molecule has 1 amide bonds. The number of thioether (sulfide) groups is 1. The van der Waals surface area contributed by atoms with Crippen molar-refractivity contribution in [2.75, 3.05) is 23.0 Å². The van der Waals surface area contributed by atoms with E-state index in [2.05, 4.69) is 43.2 Å². The van der Waals surface area contributed by atoms with Crippen LogP contribution in [-0.2, 0) is 4.79 Å². The summed E-state index contributed by atoms with van der Waals surface area (Å²) < 4.78 is 0. The minimum atomic E-state index is 0.0850. The zero-order valence-corrected chi connectivity index (χ0v) is 10.6. The van der Waals surface area contributed by atoms with Gasteiger partial charge in [-0.25, -0.2) is 0 Å². The first-order valence-corrected chi connectivity index (χ1v) is 6.36. The Morgan fingerprint density at radius 2 is 2.19 bits per heavy atom. The van der Waals surface area contributed by atoms with Gasteiger partial charge < -0.3 is 10.2 Å². The monoisotopic (exact) mass is 236 g/mol. The molecule has 2 rings (SSSR count). The molecule has 86 valence electrons. The maximum atomic E-state index is 11.3. The number of rotatable bonds is 2. The van der Waals surface area contributed by atoms with E-state index >= 15 is 0 Å². The van der Waals surface area contributed by atoms with Crippen LogP contribution < -0.4 is 10.2 Å². The normalized spacial score (nSPS) is 14.6. The molecule has 4 heteroatoms. The number of carbonyl (C=O) groups is 1. The average molecular weight is 236 g/mol. The lowest BCUT2D eigenvalue weighted by atomic mass is 10.2. The minimum Gasteiger partial charge on any atom is -0.372 e. The van der Waals surface area contributed by atoms with Crippen molar-refractivity contribution in [1.82, 2.24) is 0 Å². The second kappa shape index (κ2) is 4.37. The lowest BCUT2D eigenvalue weighted by Gasteiger charge is -2.26. The fraction of sp³-hybridized carbons (Fsp3) is 0.417. The van der Waals surface area contributed by atoms with Gasteiger partial charge in [0.1, 0.15) is 0 Å². The summed E-state index contributed by atoms with van der Waals surface area (Å²) in [7, 11) is 2.06. The molecule has 0 aromatic heterocycles. The molecule has 1 aliphatic heterocycles. The van der Waals surface area contributed by atoms with E-state index in [1.165, 1.54) is 0 Å². The molecule has 0 fully saturated rings. The quantitative estimate of drug-likeness (QED) is 0.856. The van der Waals surface area contributed by atoms with E-state index in [1.54, 1.807) is 11.8 Å². The van der Waals surface area contributed by atoms with Gasteiger partial charge in [0.2, 0.25) is 5.91 Å². The van der Waals surface area contributed by atoms with Crippen LogP contribution in [0.2, 0.25) is 0 Å². The highest BCUT2D eigenvalue weighted by Crippen LogP contribution is 2.34. The van der Waals surface area contributed by atoms with Crippen molar-refractivity contribution in [3.05, 3.63) is 18.2 Å². The smallest absolute Gasteiger partial charge is 0.234 e. The van der Waals surface area contributed by atoms with Crippen LogP contribution in [0.15, 0.2) is 23.1 Å². The summed E-state index contributed by atoms with van der Waals surface area (Å²) >= 11 is 1.60. The molecule has 16 heavy (non-hydrogen) atoms. The molecule has 0 aliphatic carbocycles. The highest BCUT2D eigenvalue weighted by Gasteiger charge is 2.16. The molecule has 0 spiro atoms. The van der Waals surface area contributed by atoms with Crippen LogP contribution in [-0.4, -0.2) is 24.7 Å². The zero-order chi connectivity index (χ0) is 11.7. The van der Waals surface area contributed by atoms with Gasteiger partial charge in [-0.05, 0) is 32.0 Å². The van der Waals surface area contributed by atoms with Crippen LogP contribution >= 0.6 is 11.8 Å². The van der Waals surface area contributed by atoms with Gasteiger partial charge in [-0.1, -0.05) is 0 Å². The van der Waals surface area contributed by atoms with E-state index < -0.39 is 0 Å². The van der Waals surface area contributed by atoms with Crippen molar-refractivity contribution in [3.63, 3.8) is 0 Å². The number of nitrogens with one attached hydrogen (secondary N) is 1. The van der Waals surface area contributed by atoms with Gasteiger partial charge in [-0.2, -0.15) is 0 Å². The number of hydrogen-bond donors (Lipinski definition) is 1. The molecular formula is C12H16N2OS. The molecule has 1 aromatic carbocycles. The molecule has 0 radical (unpaired) electrons. The number of benzene rings is 1. The van der Waals surface area contributed by atoms with Crippen molar-refractivity contribution in [2.45, 2.75) is 24.8 Å². The Labute approximate surface area is 100 Å². The number of carbonyl (C=O) groups excluding carboxylic acids is 1. The molecule has 0 unspecified atom stereocenters. The average Bonchev–Trinajstić information content (AvgIpc) is 2.26. The first kappa shape index (κ1) is 11.3. The van der Waals surface area contributed by atoms with Crippen LogP contribution in [0.5, 0.6) is 0 Å². The third-order valence-corrected chi connectivity index (χ3v) is 3.85. The highest BCUT2D eigenvalue weighted by atomic mass is 32.2. The van der Waals surface area contributed by atoms with Crippen molar-refractivity contribution in [2.24, 2.45) is 0 Å². The lowest BCUT2D eigenvalue weighted by Crippen LogP contribution is -2.26. The van der Waals surface area contributed by atoms with Crippen molar-refractivity contribution < 1.29 is 4.79 Å². The van der Waals surface area contributed by atoms with E-state index in [0.717, 1.165) is 16.3 Å². The van der Waals surface area contributed by atoms with Crippen LogP contribution in [0.25, 0.3) is 0 Å². The minimum absolute atomic E-state index is 0.0850. The fourth-order valence-corrected chi connectivity index (χ4v) is 2.38. The lowest BCUT2D eigenvalue weighted by molar-refractivity contribution is -0.113. The third kappa shape index (κ3) is 2.16. The summed E-state index contributed by atoms with van der Waals surface area (Å²) in [6.45, 7) is 4.29. The number of anilines is 2. The Kier molecular flexibility index (Phi) is 3.10. The third-order valence-electron chi connectivity index (χ3n) is 2.78. The van der Waals surface area contributed by atoms with Crippen molar-refractivity contribution >= 4 is 29.0 Å². The molecule has 0 saturated heterocycles. The Bertz CT molecular complexity index is 417. The van der Waals surface area contributed by atoms with Gasteiger partial charge in [-0.15, -0.1) is 11.8 Å². The molecule has 1 N–H and O–H groups in total. The first-order chi connectivity index (χ1) is 7.58. The van der Waals surface area contributed by atoms with Gasteiger partial charge in [0.15, 0.2) is 0 Å². The topological polar surface area (TPSA) is 32.3 Å². The summed E-state index contributed by atoms with van der Waals surface area (Å²) in [5, 5.41) is 2.91. The van der Waals surface area contributed by atoms with Gasteiger partial charge in [0, 0.05) is 23.7 Å². The number of amides is 1. The van der Waals surface area contributed by atoms with E-state index in [4.69, 9.17) is 0 Å². The standard InChI is InChI=1S/C12H16N2OS/c1-8(2)14(3)9-4-5-11-10(6-9)13-12(15)7-16-11/h4-6,8H,7H2,1-3H3,(H,13,15). The Balaban J connectivity index is 2.31. The highest BCUT2D eigenvalue weighted by molar-refractivity contribution is 8.00. The summed E-state index contributed by atoms with van der Waals surface area (Å²) in [5.74, 6) is 0.605. The van der Waals surface area contributed by atoms with Gasteiger partial charge in [0.05, 0.1) is 11.4 Å². The van der Waals surface area contributed by atoms with Crippen LogP contribution in [0.1, 0.15) is 13.8 Å². The van der Waals surface area contributed by atoms with Crippen LogP contribution in [0, 0.1) is 0 Å². The number of fused-ring (bicyclic) bond motifs is 1. The van der Waals surface area contributed by atoms with E-state index in [-0.39, 0.29) is 5.91 Å². The number of nitrogens with zero attached hydrogens (tertiary/aromatic N) is 1. The summed E-state index contributed by atoms with van der Waals surface area (Å²) in [4.78, 5) is 14.6. The van der Waals surface area contributed by atoms with E-state index in [0.29, 0.717) is 11.8 Å². The van der Waals surface area contributed by atoms with Crippen molar-refractivity contribution in [1.29, 1.82) is 0 Å². The molecule has 0 bridgehead atoms. The SMILES string of the molecule is CC(C)N(C)c1ccc2c(c1)NC(=O)CS2. The van der Waals surface area contributed by atoms with Crippen LogP contribution in [0.4, 0.5) is 11.4 Å². The second-order valence-corrected chi connectivity index (χ2v) is 5.24. The molecule has 0 atom stereocenters. The van der Waals surface area contributed by atoms with Crippen LogP contribution in [0.3, 0.4) is 0 Å². The Morgan fingerprint density at radius 1 is 1.44 bits per heavy atom. The number of hydrogen-bond acceptors (Lipinski definition) is 3. The van der Waals surface area contributed by atoms with E-state index in [1.807, 2.05) is 6.07 Å². The predicted octanol–water partition coefficient (Wildman–Crippen LogP) is 2.58. The first-order valence-electron chi connectivity index (χ1n) is 5.37. The maximum Gasteiger partial charge on any atom is 0.234 e. The van der Waals surface area contributed by atoms with E-state index in [9.17, 15) is 4.79 Å². The van der Waals surface area contributed by atoms with Gasteiger partial charge in [0.25, 0.3) is 0 Å². The fourth-order valence-electron chi connectivity index (χ4n) is 1.59. The molecule has 1 aromatic rings. The molecule has 1 heterocycles. The summed E-state index contributed by atoms with van der Waals surface area (Å²) in [6.07, 6.45) is 0. The summed E-state index contributed by atoms with van der Waals surface area (Å²) in [6, 6.07) is 6.67. The predicted molar refractivity (Wildman–Crippen MR) is 69.3 cm³/mol. The van der Waals surface area contributed by atoms with Crippen molar-refractivity contribution in [3.8, 4) is 0 Å². The summed E-state index contributed by atoms with van der Waals surface area (Å²) in [5.41, 5.74) is 2.07. The second-order valence-electron chi connectivity index (χ2n) is 4.22. The molecular weight excluding hydrogens is 220 g/mol. The zero-order valence-electron chi connectivity index (χ0n) is 9.78. The molecule has 1 aliphatic rings. The largest absolute Gasteiger partial charge is 0.372 e. The van der Waals surface area contributed by atoms with Gasteiger partial charge >= 0.3 is 0 Å². The molecule has 3 nitrogen and oxygen atoms in total. The maximum absolute atomic E-state index is 11.3.